The Kier molecular flexibility index (Phi) is 3.66. The lowest BCUT2D eigenvalue weighted by molar-refractivity contribution is 0.475. The maximum atomic E-state index is 9.10. The molecular weight excluding hydrogens is 284 g/mol. The summed E-state index contributed by atoms with van der Waals surface area (Å²) in [6, 6.07) is 6.70. The second-order valence-corrected chi connectivity index (χ2v) is 4.10. The van der Waals surface area contributed by atoms with Crippen LogP contribution < -0.4 is 5.43 Å². The van der Waals surface area contributed by atoms with Gasteiger partial charge in [-0.15, -0.1) is 0 Å². The number of hydrazone groups is 1. The normalized spacial score (nSPS) is 10.6. The Hall–Kier alpha value is -1.95. The van der Waals surface area contributed by atoms with Gasteiger partial charge in [-0.3, -0.25) is 0 Å². The van der Waals surface area contributed by atoms with Gasteiger partial charge in [0.15, 0.2) is 0 Å². The van der Waals surface area contributed by atoms with Crippen LogP contribution in [0.3, 0.4) is 0 Å². The second kappa shape index (κ2) is 5.40. The van der Waals surface area contributed by atoms with Crippen molar-refractivity contribution < 1.29 is 5.11 Å². The lowest BCUT2D eigenvalue weighted by Gasteiger charge is -1.97. The van der Waals surface area contributed by atoms with Gasteiger partial charge in [-0.05, 0) is 45.8 Å². The molecule has 0 saturated carbocycles. The van der Waals surface area contributed by atoms with Crippen LogP contribution in [0.5, 0.6) is 5.75 Å². The van der Waals surface area contributed by atoms with Crippen LogP contribution in [-0.4, -0.2) is 21.3 Å². The zero-order chi connectivity index (χ0) is 12.1. The Morgan fingerprint density at radius 1 is 1.18 bits per heavy atom. The number of nitrogens with zero attached hydrogens (tertiary/aromatic N) is 3. The topological polar surface area (TPSA) is 70.4 Å². The summed E-state index contributed by atoms with van der Waals surface area (Å²) in [5.41, 5.74) is 3.57. The highest BCUT2D eigenvalue weighted by atomic mass is 79.9. The molecule has 0 aliphatic carbocycles. The van der Waals surface area contributed by atoms with E-state index in [0.717, 1.165) is 10.0 Å². The van der Waals surface area contributed by atoms with Gasteiger partial charge in [0.2, 0.25) is 5.95 Å². The van der Waals surface area contributed by atoms with Crippen LogP contribution in [0.2, 0.25) is 0 Å². The number of hydrogen-bond acceptors (Lipinski definition) is 5. The number of aromatic hydroxyl groups is 1. The van der Waals surface area contributed by atoms with E-state index in [1.165, 1.54) is 0 Å². The number of anilines is 1. The molecule has 0 fully saturated rings. The predicted molar refractivity (Wildman–Crippen MR) is 69.1 cm³/mol. The van der Waals surface area contributed by atoms with Crippen LogP contribution in [0.25, 0.3) is 0 Å². The Morgan fingerprint density at radius 2 is 1.82 bits per heavy atom. The average Bonchev–Trinajstić information content (AvgIpc) is 2.34. The molecule has 0 spiro atoms. The van der Waals surface area contributed by atoms with E-state index in [0.29, 0.717) is 5.95 Å². The van der Waals surface area contributed by atoms with E-state index in [1.54, 1.807) is 42.9 Å². The van der Waals surface area contributed by atoms with E-state index in [-0.39, 0.29) is 5.75 Å². The first-order chi connectivity index (χ1) is 8.24. The van der Waals surface area contributed by atoms with Gasteiger partial charge in [0.1, 0.15) is 5.75 Å². The zero-order valence-corrected chi connectivity index (χ0v) is 10.3. The van der Waals surface area contributed by atoms with E-state index in [1.807, 2.05) is 0 Å². The summed E-state index contributed by atoms with van der Waals surface area (Å²) in [6.45, 7) is 0. The van der Waals surface area contributed by atoms with E-state index < -0.39 is 0 Å². The number of phenols is 1. The quantitative estimate of drug-likeness (QED) is 0.673. The van der Waals surface area contributed by atoms with E-state index in [9.17, 15) is 0 Å². The third kappa shape index (κ3) is 3.53. The number of phenolic OH excluding ortho intramolecular Hbond substituents is 1. The zero-order valence-electron chi connectivity index (χ0n) is 8.71. The fraction of sp³-hybridized carbons (Fsp3) is 0. The van der Waals surface area contributed by atoms with E-state index in [2.05, 4.69) is 36.4 Å². The number of halogens is 1. The number of nitrogens with one attached hydrogen (secondary N) is 1. The molecule has 0 aliphatic rings. The number of rotatable bonds is 3. The van der Waals surface area contributed by atoms with Crippen LogP contribution in [0.1, 0.15) is 5.56 Å². The number of benzene rings is 1. The molecule has 1 aromatic heterocycles. The van der Waals surface area contributed by atoms with Crippen LogP contribution in [0.15, 0.2) is 46.2 Å². The third-order valence-corrected chi connectivity index (χ3v) is 2.30. The second-order valence-electron chi connectivity index (χ2n) is 3.19. The standard InChI is InChI=1S/C11H9BrN4O/c12-9-6-13-11(14-7-9)16-15-5-8-1-3-10(17)4-2-8/h1-7,17H,(H,13,14,16)/b15-5-. The smallest absolute Gasteiger partial charge is 0.243 e. The summed E-state index contributed by atoms with van der Waals surface area (Å²) < 4.78 is 0.811. The maximum absolute atomic E-state index is 9.10. The molecule has 2 N–H and O–H groups in total. The summed E-state index contributed by atoms with van der Waals surface area (Å²) in [4.78, 5) is 8.00. The van der Waals surface area contributed by atoms with Crippen LogP contribution in [-0.2, 0) is 0 Å². The minimum atomic E-state index is 0.228. The lowest BCUT2D eigenvalue weighted by atomic mass is 10.2. The SMILES string of the molecule is Oc1ccc(/C=N\Nc2ncc(Br)cn2)cc1. The van der Waals surface area contributed by atoms with Crippen molar-refractivity contribution in [3.63, 3.8) is 0 Å². The molecule has 0 amide bonds. The minimum absolute atomic E-state index is 0.228. The van der Waals surface area contributed by atoms with E-state index in [4.69, 9.17) is 5.11 Å². The summed E-state index contributed by atoms with van der Waals surface area (Å²) in [6.07, 6.45) is 4.88. The van der Waals surface area contributed by atoms with Gasteiger partial charge in [0.25, 0.3) is 0 Å². The van der Waals surface area contributed by atoms with Crippen LogP contribution in [0.4, 0.5) is 5.95 Å². The van der Waals surface area contributed by atoms with Crippen molar-refractivity contribution in [2.75, 3.05) is 5.43 Å². The van der Waals surface area contributed by atoms with Gasteiger partial charge in [-0.1, -0.05) is 0 Å². The first-order valence-electron chi connectivity index (χ1n) is 4.80. The molecule has 0 saturated heterocycles. The molecule has 6 heteroatoms. The number of hydrogen-bond donors (Lipinski definition) is 2. The maximum Gasteiger partial charge on any atom is 0.243 e. The van der Waals surface area contributed by atoms with Crippen molar-refractivity contribution in [1.82, 2.24) is 9.97 Å². The fourth-order valence-corrected chi connectivity index (χ4v) is 1.30. The molecule has 0 radical (unpaired) electrons. The molecule has 2 rings (SSSR count). The molecule has 86 valence electrons. The fourth-order valence-electron chi connectivity index (χ4n) is 1.09. The van der Waals surface area contributed by atoms with Gasteiger partial charge in [0, 0.05) is 12.4 Å². The molecule has 0 atom stereocenters. The first-order valence-corrected chi connectivity index (χ1v) is 5.59. The summed E-state index contributed by atoms with van der Waals surface area (Å²) >= 11 is 3.24. The van der Waals surface area contributed by atoms with Crippen molar-refractivity contribution in [3.05, 3.63) is 46.7 Å². The Balaban J connectivity index is 1.97. The van der Waals surface area contributed by atoms with E-state index >= 15 is 0 Å². The van der Waals surface area contributed by atoms with Crippen molar-refractivity contribution in [3.8, 4) is 5.75 Å². The van der Waals surface area contributed by atoms with Crippen molar-refractivity contribution in [2.45, 2.75) is 0 Å². The largest absolute Gasteiger partial charge is 0.508 e. The van der Waals surface area contributed by atoms with Gasteiger partial charge < -0.3 is 5.11 Å². The molecule has 1 heterocycles. The van der Waals surface area contributed by atoms with Gasteiger partial charge in [-0.25, -0.2) is 15.4 Å². The first kappa shape index (κ1) is 11.5. The molecule has 0 unspecified atom stereocenters. The van der Waals surface area contributed by atoms with Crippen LogP contribution >= 0.6 is 15.9 Å². The Bertz CT molecular complexity index is 510. The molecule has 5 nitrogen and oxygen atoms in total. The Labute approximate surface area is 106 Å². The predicted octanol–water partition coefficient (Wildman–Crippen LogP) is 2.39. The average molecular weight is 293 g/mol. The molecule has 0 aliphatic heterocycles. The summed E-state index contributed by atoms with van der Waals surface area (Å²) in [5.74, 6) is 0.648. The summed E-state index contributed by atoms with van der Waals surface area (Å²) in [7, 11) is 0. The van der Waals surface area contributed by atoms with Gasteiger partial charge in [-0.2, -0.15) is 5.10 Å². The minimum Gasteiger partial charge on any atom is -0.508 e. The van der Waals surface area contributed by atoms with Gasteiger partial charge in [0.05, 0.1) is 10.7 Å². The molecular formula is C11H9BrN4O. The summed E-state index contributed by atoms with van der Waals surface area (Å²) in [5, 5.41) is 13.1. The highest BCUT2D eigenvalue weighted by molar-refractivity contribution is 9.10. The Morgan fingerprint density at radius 3 is 2.47 bits per heavy atom. The highest BCUT2D eigenvalue weighted by Crippen LogP contribution is 2.08. The van der Waals surface area contributed by atoms with Crippen molar-refractivity contribution >= 4 is 28.1 Å². The van der Waals surface area contributed by atoms with Crippen LogP contribution in [0, 0.1) is 0 Å². The lowest BCUT2D eigenvalue weighted by Crippen LogP contribution is -1.95. The molecule has 1 aromatic carbocycles. The van der Waals surface area contributed by atoms with Crippen molar-refractivity contribution in [2.24, 2.45) is 5.10 Å². The monoisotopic (exact) mass is 292 g/mol. The molecule has 17 heavy (non-hydrogen) atoms. The third-order valence-electron chi connectivity index (χ3n) is 1.89. The number of aromatic nitrogens is 2. The van der Waals surface area contributed by atoms with Gasteiger partial charge >= 0.3 is 0 Å². The highest BCUT2D eigenvalue weighted by Gasteiger charge is 1.92. The molecule has 0 bridgehead atoms. The van der Waals surface area contributed by atoms with Crippen molar-refractivity contribution in [1.29, 1.82) is 0 Å². The molecule has 2 aromatic rings.